The molecule has 2 bridgehead atoms. The highest BCUT2D eigenvalue weighted by molar-refractivity contribution is 5.87. The Morgan fingerprint density at radius 1 is 1.00 bits per heavy atom. The van der Waals surface area contributed by atoms with Crippen molar-refractivity contribution < 1.29 is 38.8 Å². The lowest BCUT2D eigenvalue weighted by Gasteiger charge is -2.59. The third-order valence-electron chi connectivity index (χ3n) is 9.51. The number of carbonyl (C=O) groups excluding carboxylic acids is 3. The van der Waals surface area contributed by atoms with Crippen LogP contribution in [0.2, 0.25) is 0 Å². The van der Waals surface area contributed by atoms with Gasteiger partial charge in [0.2, 0.25) is 0 Å². The molecule has 0 heterocycles. The molecule has 3 aliphatic rings. The van der Waals surface area contributed by atoms with Gasteiger partial charge in [-0.3, -0.25) is 9.59 Å². The Morgan fingerprint density at radius 2 is 1.63 bits per heavy atom. The first-order chi connectivity index (χ1) is 19.2. The Bertz CT molecular complexity index is 1260. The van der Waals surface area contributed by atoms with Crippen molar-refractivity contribution in [2.75, 3.05) is 0 Å². The minimum Gasteiger partial charge on any atom is -0.458 e. The largest absolute Gasteiger partial charge is 0.458 e. The number of fused-ring (bicyclic) bond motifs is 3. The van der Waals surface area contributed by atoms with E-state index in [9.17, 15) is 24.6 Å². The van der Waals surface area contributed by atoms with E-state index >= 15 is 0 Å². The van der Waals surface area contributed by atoms with Crippen molar-refractivity contribution in [2.45, 2.75) is 91.3 Å². The smallest absolute Gasteiger partial charge is 0.331 e. The zero-order valence-corrected chi connectivity index (χ0v) is 24.8. The van der Waals surface area contributed by atoms with Crippen molar-refractivity contribution in [3.63, 3.8) is 0 Å². The monoisotopic (exact) mass is 566 g/mol. The Labute approximate surface area is 242 Å². The third-order valence-corrected chi connectivity index (χ3v) is 9.51. The van der Waals surface area contributed by atoms with Crippen LogP contribution in [0, 0.1) is 22.7 Å². The highest BCUT2D eigenvalue weighted by Crippen LogP contribution is 2.60. The Morgan fingerprint density at radius 3 is 2.24 bits per heavy atom. The molecule has 222 valence electrons. The summed E-state index contributed by atoms with van der Waals surface area (Å²) < 4.78 is 17.8. The Hall–Kier alpha value is -3.23. The van der Waals surface area contributed by atoms with E-state index in [0.717, 1.165) is 5.56 Å². The SMILES string of the molecule is C=C1[C@@H](OC(=O)/C=C/c2ccccc2)CC[C@@]2(C)[C@@H](OC(C)=O)[C@H](OC(C)=O)C3=C(C)[C@@H](O)C[C@@H]([C@@H](O)[C@H]12)C3(C)C. The average Bonchev–Trinajstić information content (AvgIpc) is 2.89. The fourth-order valence-electron chi connectivity index (χ4n) is 7.54. The first kappa shape index (κ1) is 30.7. The minimum absolute atomic E-state index is 0.290. The van der Waals surface area contributed by atoms with E-state index < -0.39 is 71.1 Å². The predicted octanol–water partition coefficient (Wildman–Crippen LogP) is 4.55. The van der Waals surface area contributed by atoms with Crippen molar-refractivity contribution in [3.05, 3.63) is 65.3 Å². The topological polar surface area (TPSA) is 119 Å². The summed E-state index contributed by atoms with van der Waals surface area (Å²) >= 11 is 0. The Kier molecular flexibility index (Phi) is 8.67. The molecule has 8 atom stereocenters. The minimum atomic E-state index is -1.02. The highest BCUT2D eigenvalue weighted by atomic mass is 16.6. The number of ether oxygens (including phenoxy) is 3. The van der Waals surface area contributed by atoms with Gasteiger partial charge in [-0.2, -0.15) is 0 Å². The normalized spacial score (nSPS) is 34.7. The number of carbonyl (C=O) groups is 3. The molecule has 0 unspecified atom stereocenters. The predicted molar refractivity (Wildman–Crippen MR) is 153 cm³/mol. The van der Waals surface area contributed by atoms with Gasteiger partial charge in [0.25, 0.3) is 0 Å². The highest BCUT2D eigenvalue weighted by Gasteiger charge is 2.63. The molecule has 0 saturated heterocycles. The van der Waals surface area contributed by atoms with Gasteiger partial charge >= 0.3 is 17.9 Å². The summed E-state index contributed by atoms with van der Waals surface area (Å²) in [6, 6.07) is 9.39. The molecule has 4 rings (SSSR count). The standard InChI is InChI=1S/C33H42O8/c1-18-24(36)17-23-29(38)27-19(2)25(41-26(37)14-13-22-11-9-8-10-12-22)15-16-33(27,7)31(40-21(4)35)30(39-20(3)34)28(18)32(23,5)6/h8-14,23-25,27,29-31,36,38H,2,15-17H2,1,3-7H3/b14-13+/t23-,24-,25-,27-,29+,30+,31-,33+/m0/s1. The molecule has 2 fully saturated rings. The van der Waals surface area contributed by atoms with Crippen LogP contribution in [0.5, 0.6) is 0 Å². The zero-order valence-electron chi connectivity index (χ0n) is 24.8. The van der Waals surface area contributed by atoms with Crippen molar-refractivity contribution >= 4 is 24.0 Å². The van der Waals surface area contributed by atoms with Crippen LogP contribution in [0.1, 0.15) is 66.4 Å². The summed E-state index contributed by atoms with van der Waals surface area (Å²) in [5, 5.41) is 23.2. The Balaban J connectivity index is 1.77. The van der Waals surface area contributed by atoms with Crippen LogP contribution in [-0.4, -0.2) is 58.6 Å². The molecule has 0 spiro atoms. The number of hydrogen-bond acceptors (Lipinski definition) is 8. The molecule has 2 N–H and O–H groups in total. The maximum Gasteiger partial charge on any atom is 0.331 e. The van der Waals surface area contributed by atoms with E-state index in [1.54, 1.807) is 13.0 Å². The molecule has 2 saturated carbocycles. The molecular weight excluding hydrogens is 524 g/mol. The lowest BCUT2D eigenvalue weighted by atomic mass is 9.49. The van der Waals surface area contributed by atoms with Crippen molar-refractivity contribution in [1.82, 2.24) is 0 Å². The van der Waals surface area contributed by atoms with Crippen LogP contribution in [0.4, 0.5) is 0 Å². The number of aliphatic hydroxyl groups excluding tert-OH is 2. The number of esters is 3. The van der Waals surface area contributed by atoms with Gasteiger partial charge in [-0.1, -0.05) is 57.7 Å². The molecule has 0 radical (unpaired) electrons. The first-order valence-corrected chi connectivity index (χ1v) is 14.2. The first-order valence-electron chi connectivity index (χ1n) is 14.2. The maximum absolute atomic E-state index is 12.8. The van der Waals surface area contributed by atoms with E-state index in [0.29, 0.717) is 36.0 Å². The number of rotatable bonds is 5. The van der Waals surface area contributed by atoms with Crippen LogP contribution in [0.3, 0.4) is 0 Å². The van der Waals surface area contributed by atoms with Crippen molar-refractivity contribution in [3.8, 4) is 0 Å². The zero-order chi connectivity index (χ0) is 30.3. The number of aliphatic hydroxyl groups is 2. The van der Waals surface area contributed by atoms with Crippen LogP contribution >= 0.6 is 0 Å². The van der Waals surface area contributed by atoms with Gasteiger partial charge in [-0.15, -0.1) is 0 Å². The average molecular weight is 567 g/mol. The third kappa shape index (κ3) is 5.77. The van der Waals surface area contributed by atoms with Gasteiger partial charge < -0.3 is 24.4 Å². The summed E-state index contributed by atoms with van der Waals surface area (Å²) in [6.07, 6.45) is -0.448. The van der Waals surface area contributed by atoms with Crippen molar-refractivity contribution in [2.24, 2.45) is 22.7 Å². The van der Waals surface area contributed by atoms with E-state index in [1.807, 2.05) is 51.1 Å². The van der Waals surface area contributed by atoms with Crippen molar-refractivity contribution in [1.29, 1.82) is 0 Å². The summed E-state index contributed by atoms with van der Waals surface area (Å²) in [7, 11) is 0. The summed E-state index contributed by atoms with van der Waals surface area (Å²) in [4.78, 5) is 37.8. The second kappa shape index (κ2) is 11.6. The van der Waals surface area contributed by atoms with Gasteiger partial charge in [0.15, 0.2) is 6.10 Å². The molecule has 0 aromatic heterocycles. The number of benzene rings is 1. The molecular formula is C33H42O8. The molecule has 0 amide bonds. The van der Waals surface area contributed by atoms with E-state index in [1.165, 1.54) is 19.9 Å². The molecule has 0 aliphatic heterocycles. The second-order valence-electron chi connectivity index (χ2n) is 12.5. The number of hydrogen-bond donors (Lipinski definition) is 2. The quantitative estimate of drug-likeness (QED) is 0.231. The van der Waals surface area contributed by atoms with Gasteiger partial charge in [0.05, 0.1) is 12.2 Å². The summed E-state index contributed by atoms with van der Waals surface area (Å²) in [6.45, 7) is 14.5. The molecule has 3 aliphatic carbocycles. The van der Waals surface area contributed by atoms with Crippen LogP contribution in [0.25, 0.3) is 6.08 Å². The lowest BCUT2D eigenvalue weighted by molar-refractivity contribution is -0.197. The van der Waals surface area contributed by atoms with Crippen LogP contribution in [-0.2, 0) is 28.6 Å². The van der Waals surface area contributed by atoms with E-state index in [4.69, 9.17) is 14.2 Å². The van der Waals surface area contributed by atoms with Gasteiger partial charge in [0, 0.05) is 31.3 Å². The lowest BCUT2D eigenvalue weighted by Crippen LogP contribution is -2.63. The maximum atomic E-state index is 12.8. The van der Waals surface area contributed by atoms with E-state index in [-0.39, 0.29) is 0 Å². The van der Waals surface area contributed by atoms with Crippen LogP contribution in [0.15, 0.2) is 59.7 Å². The molecule has 1 aromatic carbocycles. The molecule has 41 heavy (non-hydrogen) atoms. The summed E-state index contributed by atoms with van der Waals surface area (Å²) in [5.41, 5.74) is 1.01. The summed E-state index contributed by atoms with van der Waals surface area (Å²) in [5.74, 6) is -2.77. The molecule has 8 nitrogen and oxygen atoms in total. The molecule has 8 heteroatoms. The van der Waals surface area contributed by atoms with E-state index in [2.05, 4.69) is 6.58 Å². The van der Waals surface area contributed by atoms with Crippen LogP contribution < -0.4 is 0 Å². The molecule has 1 aromatic rings. The fraction of sp³-hybridized carbons (Fsp3) is 0.545. The second-order valence-corrected chi connectivity index (χ2v) is 12.5. The fourth-order valence-corrected chi connectivity index (χ4v) is 7.54. The van der Waals surface area contributed by atoms with Gasteiger partial charge in [-0.25, -0.2) is 4.79 Å². The van der Waals surface area contributed by atoms with Gasteiger partial charge in [0.1, 0.15) is 12.2 Å². The van der Waals surface area contributed by atoms with Gasteiger partial charge in [-0.05, 0) is 65.9 Å².